The van der Waals surface area contributed by atoms with E-state index in [-0.39, 0.29) is 24.5 Å². The first-order valence-electron chi connectivity index (χ1n) is 11.0. The number of aromatic nitrogens is 2. The van der Waals surface area contributed by atoms with Crippen molar-refractivity contribution in [3.63, 3.8) is 0 Å². The Balaban J connectivity index is 1.46. The summed E-state index contributed by atoms with van der Waals surface area (Å²) in [5.41, 5.74) is 2.87. The van der Waals surface area contributed by atoms with Crippen LogP contribution in [0.2, 0.25) is 0 Å². The molecule has 164 valence electrons. The summed E-state index contributed by atoms with van der Waals surface area (Å²) >= 11 is 0. The number of amides is 1. The predicted octanol–water partition coefficient (Wildman–Crippen LogP) is 4.06. The van der Waals surface area contributed by atoms with E-state index in [1.54, 1.807) is 0 Å². The van der Waals surface area contributed by atoms with Gasteiger partial charge in [-0.3, -0.25) is 9.59 Å². The number of ether oxygens (including phenoxy) is 1. The fourth-order valence-electron chi connectivity index (χ4n) is 3.58. The number of unbranched alkanes of at least 4 members (excludes halogenated alkanes) is 2. The lowest BCUT2D eigenvalue weighted by Gasteiger charge is -2.11. The quantitative estimate of drug-likeness (QED) is 0.374. The fourth-order valence-corrected chi connectivity index (χ4v) is 3.58. The maximum absolute atomic E-state index is 12.2. The first-order chi connectivity index (χ1) is 15.0. The molecular weight excluding hydrogens is 390 g/mol. The summed E-state index contributed by atoms with van der Waals surface area (Å²) in [4.78, 5) is 29.0. The molecule has 0 unspecified atom stereocenters. The van der Waals surface area contributed by atoms with Gasteiger partial charge in [0.1, 0.15) is 12.4 Å². The highest BCUT2D eigenvalue weighted by Crippen LogP contribution is 2.18. The van der Waals surface area contributed by atoms with Gasteiger partial charge in [-0.15, -0.1) is 0 Å². The van der Waals surface area contributed by atoms with Crippen molar-refractivity contribution in [1.82, 2.24) is 14.9 Å². The number of hydrogen-bond acceptors (Lipinski definition) is 4. The molecule has 0 saturated heterocycles. The zero-order chi connectivity index (χ0) is 22.1. The van der Waals surface area contributed by atoms with Gasteiger partial charge in [0, 0.05) is 13.0 Å². The predicted molar refractivity (Wildman–Crippen MR) is 122 cm³/mol. The Hall–Kier alpha value is -3.15. The third-order valence-corrected chi connectivity index (χ3v) is 4.99. The summed E-state index contributed by atoms with van der Waals surface area (Å²) in [5, 5.41) is 2.99. The van der Waals surface area contributed by atoms with Crippen molar-refractivity contribution in [2.45, 2.75) is 58.6 Å². The lowest BCUT2D eigenvalue weighted by molar-refractivity contribution is -0.148. The van der Waals surface area contributed by atoms with Gasteiger partial charge in [0.2, 0.25) is 5.91 Å². The van der Waals surface area contributed by atoms with Crippen molar-refractivity contribution in [2.75, 3.05) is 6.54 Å². The summed E-state index contributed by atoms with van der Waals surface area (Å²) < 4.78 is 7.28. The number of para-hydroxylation sites is 2. The van der Waals surface area contributed by atoms with Crippen LogP contribution >= 0.6 is 0 Å². The van der Waals surface area contributed by atoms with Gasteiger partial charge in [0.25, 0.3) is 0 Å². The highest BCUT2D eigenvalue weighted by molar-refractivity contribution is 5.79. The van der Waals surface area contributed by atoms with Crippen LogP contribution in [0.15, 0.2) is 54.6 Å². The van der Waals surface area contributed by atoms with E-state index < -0.39 is 0 Å². The monoisotopic (exact) mass is 421 g/mol. The van der Waals surface area contributed by atoms with Crippen molar-refractivity contribution >= 4 is 22.9 Å². The molecule has 0 spiro atoms. The lowest BCUT2D eigenvalue weighted by atomic mass is 10.1. The minimum atomic E-state index is -0.250. The Kier molecular flexibility index (Phi) is 8.21. The molecule has 0 fully saturated rings. The van der Waals surface area contributed by atoms with Crippen molar-refractivity contribution in [1.29, 1.82) is 0 Å². The number of nitrogens with one attached hydrogen (secondary N) is 1. The largest absolute Gasteiger partial charge is 0.462 e. The van der Waals surface area contributed by atoms with Gasteiger partial charge in [0.15, 0.2) is 0 Å². The number of carbonyl (C=O) groups is 2. The average molecular weight is 422 g/mol. The second-order valence-electron chi connectivity index (χ2n) is 7.96. The Bertz CT molecular complexity index is 996. The van der Waals surface area contributed by atoms with E-state index in [1.807, 2.05) is 73.0 Å². The van der Waals surface area contributed by atoms with Crippen LogP contribution in [-0.2, 0) is 33.7 Å². The van der Waals surface area contributed by atoms with Gasteiger partial charge in [-0.1, -0.05) is 48.9 Å². The van der Waals surface area contributed by atoms with Gasteiger partial charge >= 0.3 is 5.97 Å². The summed E-state index contributed by atoms with van der Waals surface area (Å²) in [6, 6.07) is 17.6. The second-order valence-corrected chi connectivity index (χ2v) is 7.96. The molecule has 0 aliphatic carbocycles. The number of hydrogen-bond donors (Lipinski definition) is 1. The molecule has 6 heteroatoms. The van der Waals surface area contributed by atoms with Crippen LogP contribution in [0.3, 0.4) is 0 Å². The highest BCUT2D eigenvalue weighted by Gasteiger charge is 2.15. The number of nitrogens with zero attached hydrogens (tertiary/aromatic N) is 2. The molecule has 0 saturated carbocycles. The Morgan fingerprint density at radius 3 is 2.52 bits per heavy atom. The first-order valence-corrected chi connectivity index (χ1v) is 11.0. The molecule has 0 aliphatic heterocycles. The fraction of sp³-hybridized carbons (Fsp3) is 0.400. The number of benzene rings is 2. The zero-order valence-corrected chi connectivity index (χ0v) is 18.3. The summed E-state index contributed by atoms with van der Waals surface area (Å²) in [6.45, 7) is 4.54. The summed E-state index contributed by atoms with van der Waals surface area (Å²) in [5.74, 6) is 0.701. The smallest absolute Gasteiger partial charge is 0.326 e. The second kappa shape index (κ2) is 11.3. The number of carbonyl (C=O) groups excluding carboxylic acids is 2. The Labute approximate surface area is 183 Å². The minimum absolute atomic E-state index is 0.0525. The van der Waals surface area contributed by atoms with Gasteiger partial charge in [0.05, 0.1) is 23.6 Å². The molecule has 1 heterocycles. The van der Waals surface area contributed by atoms with E-state index in [9.17, 15) is 9.59 Å². The number of esters is 1. The molecule has 0 atom stereocenters. The van der Waals surface area contributed by atoms with Crippen LogP contribution in [0.25, 0.3) is 11.0 Å². The Morgan fingerprint density at radius 2 is 1.74 bits per heavy atom. The van der Waals surface area contributed by atoms with E-state index in [0.29, 0.717) is 13.0 Å². The Morgan fingerprint density at radius 1 is 1.00 bits per heavy atom. The molecule has 1 amide bonds. The number of fused-ring (bicyclic) bond motifs is 1. The van der Waals surface area contributed by atoms with Crippen molar-refractivity contribution in [3.8, 4) is 0 Å². The standard InChI is InChI=1S/C25H31N3O3/c1-19(2)31-25(30)18-28-22-14-9-8-13-21(22)27-23(28)15-7-4-10-16-26-24(29)17-20-11-5-3-6-12-20/h3,5-6,8-9,11-14,19H,4,7,10,15-18H2,1-2H3,(H,26,29). The SMILES string of the molecule is CC(C)OC(=O)Cn1c(CCCCCNC(=O)Cc2ccccc2)nc2ccccc21. The molecular formula is C25H31N3O3. The van der Waals surface area contributed by atoms with Crippen LogP contribution < -0.4 is 5.32 Å². The normalized spacial score (nSPS) is 11.1. The van der Waals surface area contributed by atoms with Crippen molar-refractivity contribution in [2.24, 2.45) is 0 Å². The summed E-state index contributed by atoms with van der Waals surface area (Å²) in [7, 11) is 0. The molecule has 1 aromatic heterocycles. The van der Waals surface area contributed by atoms with Crippen LogP contribution in [-0.4, -0.2) is 34.1 Å². The summed E-state index contributed by atoms with van der Waals surface area (Å²) in [6.07, 6.45) is 3.89. The third kappa shape index (κ3) is 6.95. The molecule has 31 heavy (non-hydrogen) atoms. The van der Waals surface area contributed by atoms with Gasteiger partial charge in [-0.05, 0) is 44.4 Å². The third-order valence-electron chi connectivity index (χ3n) is 4.99. The molecule has 0 radical (unpaired) electrons. The molecule has 3 aromatic rings. The highest BCUT2D eigenvalue weighted by atomic mass is 16.5. The number of rotatable bonds is 11. The van der Waals surface area contributed by atoms with Gasteiger partial charge in [-0.2, -0.15) is 0 Å². The average Bonchev–Trinajstić information content (AvgIpc) is 3.08. The molecule has 0 bridgehead atoms. The van der Waals surface area contributed by atoms with E-state index in [2.05, 4.69) is 5.32 Å². The topological polar surface area (TPSA) is 73.2 Å². The van der Waals surface area contributed by atoms with E-state index >= 15 is 0 Å². The van der Waals surface area contributed by atoms with Crippen LogP contribution in [0.4, 0.5) is 0 Å². The molecule has 0 aliphatic rings. The maximum Gasteiger partial charge on any atom is 0.326 e. The van der Waals surface area contributed by atoms with Crippen LogP contribution in [0.1, 0.15) is 44.5 Å². The minimum Gasteiger partial charge on any atom is -0.462 e. The van der Waals surface area contributed by atoms with E-state index in [0.717, 1.165) is 48.1 Å². The van der Waals surface area contributed by atoms with Crippen LogP contribution in [0.5, 0.6) is 0 Å². The maximum atomic E-state index is 12.2. The van der Waals surface area contributed by atoms with Gasteiger partial charge < -0.3 is 14.6 Å². The van der Waals surface area contributed by atoms with Crippen molar-refractivity contribution < 1.29 is 14.3 Å². The van der Waals surface area contributed by atoms with E-state index in [4.69, 9.17) is 9.72 Å². The van der Waals surface area contributed by atoms with Crippen molar-refractivity contribution in [3.05, 3.63) is 66.0 Å². The van der Waals surface area contributed by atoms with Gasteiger partial charge in [-0.25, -0.2) is 4.98 Å². The van der Waals surface area contributed by atoms with Crippen LogP contribution in [0, 0.1) is 0 Å². The first kappa shape index (κ1) is 22.5. The lowest BCUT2D eigenvalue weighted by Crippen LogP contribution is -2.26. The molecule has 3 rings (SSSR count). The zero-order valence-electron chi connectivity index (χ0n) is 18.3. The molecule has 1 N–H and O–H groups in total. The van der Waals surface area contributed by atoms with E-state index in [1.165, 1.54) is 0 Å². The number of imidazole rings is 1. The molecule has 2 aromatic carbocycles. The molecule has 6 nitrogen and oxygen atoms in total. The number of aryl methyl sites for hydroxylation is 1.